The molecule has 0 aliphatic heterocycles. The van der Waals surface area contributed by atoms with Gasteiger partial charge in [0.1, 0.15) is 17.4 Å². The molecule has 3 rings (SSSR count). The zero-order valence-corrected chi connectivity index (χ0v) is 16.3. The van der Waals surface area contributed by atoms with Crippen molar-refractivity contribution in [2.45, 2.75) is 26.3 Å². The first kappa shape index (κ1) is 20.5. The molecular formula is C22H22F2N2O3. The Bertz CT molecular complexity index is 970. The van der Waals surface area contributed by atoms with Gasteiger partial charge in [0.15, 0.2) is 11.7 Å². The molecule has 0 bridgehead atoms. The summed E-state index contributed by atoms with van der Waals surface area (Å²) in [7, 11) is 1.73. The molecule has 152 valence electrons. The van der Waals surface area contributed by atoms with Gasteiger partial charge < -0.3 is 14.1 Å². The average Bonchev–Trinajstić information content (AvgIpc) is 3.16. The van der Waals surface area contributed by atoms with Crippen LogP contribution in [0.15, 0.2) is 53.1 Å². The summed E-state index contributed by atoms with van der Waals surface area (Å²) in [6.07, 6.45) is 1.87. The summed E-state index contributed by atoms with van der Waals surface area (Å²) < 4.78 is 37.8. The monoisotopic (exact) mass is 400 g/mol. The molecule has 0 N–H and O–H groups in total. The molecule has 7 heteroatoms. The lowest BCUT2D eigenvalue weighted by atomic mass is 10.2. The maximum atomic E-state index is 13.8. The zero-order chi connectivity index (χ0) is 20.8. The van der Waals surface area contributed by atoms with E-state index in [0.717, 1.165) is 23.4 Å². The molecule has 0 unspecified atom stereocenters. The molecule has 0 saturated carbocycles. The van der Waals surface area contributed by atoms with E-state index in [1.54, 1.807) is 11.9 Å². The summed E-state index contributed by atoms with van der Waals surface area (Å²) in [6, 6.07) is 10.8. The van der Waals surface area contributed by atoms with Gasteiger partial charge >= 0.3 is 0 Å². The minimum absolute atomic E-state index is 0.0633. The van der Waals surface area contributed by atoms with E-state index < -0.39 is 11.6 Å². The lowest BCUT2D eigenvalue weighted by molar-refractivity contribution is -0.130. The van der Waals surface area contributed by atoms with Crippen LogP contribution < -0.4 is 4.74 Å². The lowest BCUT2D eigenvalue weighted by Crippen LogP contribution is -2.26. The second-order valence-corrected chi connectivity index (χ2v) is 6.57. The van der Waals surface area contributed by atoms with Gasteiger partial charge in [-0.2, -0.15) is 0 Å². The Morgan fingerprint density at radius 3 is 2.62 bits per heavy atom. The maximum absolute atomic E-state index is 13.8. The Kier molecular flexibility index (Phi) is 6.59. The number of rotatable bonds is 8. The fourth-order valence-electron chi connectivity index (χ4n) is 2.86. The Balaban J connectivity index is 1.54. The van der Waals surface area contributed by atoms with E-state index in [1.165, 1.54) is 12.3 Å². The summed E-state index contributed by atoms with van der Waals surface area (Å²) in [6.45, 7) is 3.00. The highest BCUT2D eigenvalue weighted by molar-refractivity contribution is 5.76. The van der Waals surface area contributed by atoms with Crippen molar-refractivity contribution < 1.29 is 22.7 Å². The van der Waals surface area contributed by atoms with Crippen LogP contribution in [-0.4, -0.2) is 29.4 Å². The molecular weight excluding hydrogens is 378 g/mol. The standard InChI is InChI=1S/C22H22F2N2O3/c1-3-28-17-7-4-15(5-8-17)14-26(2)22(27)11-10-21-25-13-20(29-21)18-9-6-16(23)12-19(18)24/h4-9,12-13H,3,10-11,14H2,1-2H3. The van der Waals surface area contributed by atoms with Crippen molar-refractivity contribution in [2.75, 3.05) is 13.7 Å². The summed E-state index contributed by atoms with van der Waals surface area (Å²) >= 11 is 0. The molecule has 0 radical (unpaired) electrons. The number of hydrogen-bond acceptors (Lipinski definition) is 4. The molecule has 5 nitrogen and oxygen atoms in total. The highest BCUT2D eigenvalue weighted by atomic mass is 19.1. The summed E-state index contributed by atoms with van der Waals surface area (Å²) in [5.41, 5.74) is 1.12. The van der Waals surface area contributed by atoms with Crippen LogP contribution >= 0.6 is 0 Å². The van der Waals surface area contributed by atoms with Crippen molar-refractivity contribution in [3.05, 3.63) is 71.8 Å². The number of carbonyl (C=O) groups is 1. The van der Waals surface area contributed by atoms with Crippen LogP contribution in [0.1, 0.15) is 24.8 Å². The van der Waals surface area contributed by atoms with E-state index in [-0.39, 0.29) is 30.1 Å². The molecule has 0 atom stereocenters. The van der Waals surface area contributed by atoms with Gasteiger partial charge in [0.2, 0.25) is 5.91 Å². The summed E-state index contributed by atoms with van der Waals surface area (Å²) in [5, 5.41) is 0. The molecule has 29 heavy (non-hydrogen) atoms. The first-order chi connectivity index (χ1) is 14.0. The minimum Gasteiger partial charge on any atom is -0.494 e. The van der Waals surface area contributed by atoms with Crippen molar-refractivity contribution in [1.82, 2.24) is 9.88 Å². The average molecular weight is 400 g/mol. The van der Waals surface area contributed by atoms with Crippen LogP contribution in [0.25, 0.3) is 11.3 Å². The Labute approximate surface area is 167 Å². The SMILES string of the molecule is CCOc1ccc(CN(C)C(=O)CCc2ncc(-c3ccc(F)cc3F)o2)cc1. The Morgan fingerprint density at radius 1 is 1.17 bits per heavy atom. The molecule has 0 fully saturated rings. The van der Waals surface area contributed by atoms with E-state index in [9.17, 15) is 13.6 Å². The van der Waals surface area contributed by atoms with Crippen LogP contribution in [0, 0.1) is 11.6 Å². The quantitative estimate of drug-likeness (QED) is 0.554. The number of halogens is 2. The first-order valence-corrected chi connectivity index (χ1v) is 9.32. The van der Waals surface area contributed by atoms with Crippen molar-refractivity contribution in [2.24, 2.45) is 0 Å². The van der Waals surface area contributed by atoms with Gasteiger partial charge in [-0.3, -0.25) is 4.79 Å². The Morgan fingerprint density at radius 2 is 1.93 bits per heavy atom. The van der Waals surface area contributed by atoms with E-state index in [2.05, 4.69) is 4.98 Å². The molecule has 2 aromatic carbocycles. The van der Waals surface area contributed by atoms with Gasteiger partial charge in [0.05, 0.1) is 18.4 Å². The molecule has 1 aromatic heterocycles. The number of ether oxygens (including phenoxy) is 1. The molecule has 0 spiro atoms. The van der Waals surface area contributed by atoms with Gasteiger partial charge in [-0.05, 0) is 36.8 Å². The molecule has 3 aromatic rings. The third kappa shape index (κ3) is 5.40. The minimum atomic E-state index is -0.723. The number of benzene rings is 2. The van der Waals surface area contributed by atoms with Gasteiger partial charge in [0.25, 0.3) is 0 Å². The second-order valence-electron chi connectivity index (χ2n) is 6.57. The van der Waals surface area contributed by atoms with Crippen LogP contribution in [0.2, 0.25) is 0 Å². The number of aryl methyl sites for hydroxylation is 1. The van der Waals surface area contributed by atoms with Gasteiger partial charge in [-0.1, -0.05) is 12.1 Å². The highest BCUT2D eigenvalue weighted by Gasteiger charge is 2.15. The fourth-order valence-corrected chi connectivity index (χ4v) is 2.86. The van der Waals surface area contributed by atoms with E-state index in [1.807, 2.05) is 31.2 Å². The van der Waals surface area contributed by atoms with Crippen molar-refractivity contribution in [3.63, 3.8) is 0 Å². The third-order valence-electron chi connectivity index (χ3n) is 4.38. The van der Waals surface area contributed by atoms with Gasteiger partial charge in [-0.25, -0.2) is 13.8 Å². The van der Waals surface area contributed by atoms with Crippen LogP contribution in [0.4, 0.5) is 8.78 Å². The number of aromatic nitrogens is 1. The summed E-state index contributed by atoms with van der Waals surface area (Å²) in [5.74, 6) is -0.126. The normalized spacial score (nSPS) is 10.8. The highest BCUT2D eigenvalue weighted by Crippen LogP contribution is 2.24. The number of nitrogens with zero attached hydrogens (tertiary/aromatic N) is 2. The number of oxazole rings is 1. The van der Waals surface area contributed by atoms with Crippen molar-refractivity contribution in [3.8, 4) is 17.1 Å². The lowest BCUT2D eigenvalue weighted by Gasteiger charge is -2.17. The second kappa shape index (κ2) is 9.32. The zero-order valence-electron chi connectivity index (χ0n) is 16.3. The number of amides is 1. The topological polar surface area (TPSA) is 55.6 Å². The largest absolute Gasteiger partial charge is 0.494 e. The predicted octanol–water partition coefficient (Wildman–Crippen LogP) is 4.61. The third-order valence-corrected chi connectivity index (χ3v) is 4.38. The van der Waals surface area contributed by atoms with E-state index >= 15 is 0 Å². The molecule has 1 amide bonds. The number of hydrogen-bond donors (Lipinski definition) is 0. The van der Waals surface area contributed by atoms with Gasteiger partial charge in [0, 0.05) is 32.5 Å². The molecule has 0 aliphatic rings. The predicted molar refractivity (Wildman–Crippen MR) is 104 cm³/mol. The molecule has 0 aliphatic carbocycles. The van der Waals surface area contributed by atoms with E-state index in [0.29, 0.717) is 19.0 Å². The van der Waals surface area contributed by atoms with Crippen LogP contribution in [0.5, 0.6) is 5.75 Å². The fraction of sp³-hybridized carbons (Fsp3) is 0.273. The summed E-state index contributed by atoms with van der Waals surface area (Å²) in [4.78, 5) is 18.1. The van der Waals surface area contributed by atoms with Crippen molar-refractivity contribution >= 4 is 5.91 Å². The smallest absolute Gasteiger partial charge is 0.223 e. The Hall–Kier alpha value is -3.22. The molecule has 1 heterocycles. The number of carbonyl (C=O) groups excluding carboxylic acids is 1. The molecule has 0 saturated heterocycles. The maximum Gasteiger partial charge on any atom is 0.223 e. The van der Waals surface area contributed by atoms with Crippen LogP contribution in [-0.2, 0) is 17.8 Å². The van der Waals surface area contributed by atoms with Gasteiger partial charge in [-0.15, -0.1) is 0 Å². The van der Waals surface area contributed by atoms with Crippen LogP contribution in [0.3, 0.4) is 0 Å². The van der Waals surface area contributed by atoms with E-state index in [4.69, 9.17) is 9.15 Å². The van der Waals surface area contributed by atoms with Crippen molar-refractivity contribution in [1.29, 1.82) is 0 Å². The first-order valence-electron chi connectivity index (χ1n) is 9.32.